The second kappa shape index (κ2) is 7.48. The molecule has 0 aliphatic rings. The summed E-state index contributed by atoms with van der Waals surface area (Å²) in [6.07, 6.45) is 0. The zero-order valence-corrected chi connectivity index (χ0v) is 13.6. The average Bonchev–Trinajstić information content (AvgIpc) is 2.24. The molecular formula is C10H11Br3N2O2. The van der Waals surface area contributed by atoms with Crippen LogP contribution in [0.2, 0.25) is 0 Å². The number of carbonyl (C=O) groups excluding carboxylic acids is 1. The molecule has 0 heterocycles. The second-order valence-electron chi connectivity index (χ2n) is 3.13. The number of hydrogen-bond donors (Lipinski definition) is 2. The van der Waals surface area contributed by atoms with Gasteiger partial charge in [0.15, 0.2) is 0 Å². The molecule has 0 atom stereocenters. The first-order valence-electron chi connectivity index (χ1n) is 4.76. The third-order valence-electron chi connectivity index (χ3n) is 1.77. The normalized spacial score (nSPS) is 10.4. The van der Waals surface area contributed by atoms with Crippen LogP contribution in [0.25, 0.3) is 0 Å². The highest BCUT2D eigenvalue weighted by atomic mass is 79.9. The Morgan fingerprint density at radius 1 is 1.29 bits per heavy atom. The lowest BCUT2D eigenvalue weighted by Gasteiger charge is -2.10. The SMILES string of the molecule is NCCOCC(=O)Nc1c(Br)cc(Br)cc1Br. The number of carbonyl (C=O) groups is 1. The fraction of sp³-hybridized carbons (Fsp3) is 0.300. The molecule has 0 aliphatic carbocycles. The predicted molar refractivity (Wildman–Crippen MR) is 78.0 cm³/mol. The molecule has 0 aliphatic heterocycles. The summed E-state index contributed by atoms with van der Waals surface area (Å²) < 4.78 is 7.52. The van der Waals surface area contributed by atoms with Gasteiger partial charge in [-0.25, -0.2) is 0 Å². The number of halogens is 3. The lowest BCUT2D eigenvalue weighted by Crippen LogP contribution is -2.21. The van der Waals surface area contributed by atoms with Crippen molar-refractivity contribution in [3.63, 3.8) is 0 Å². The fourth-order valence-corrected chi connectivity index (χ4v) is 3.54. The van der Waals surface area contributed by atoms with Crippen LogP contribution in [-0.4, -0.2) is 25.7 Å². The molecule has 0 unspecified atom stereocenters. The van der Waals surface area contributed by atoms with Crippen LogP contribution in [0.15, 0.2) is 25.6 Å². The monoisotopic (exact) mass is 428 g/mol. The molecule has 1 aromatic carbocycles. The number of nitrogens with two attached hydrogens (primary N) is 1. The molecule has 1 amide bonds. The molecule has 7 heteroatoms. The lowest BCUT2D eigenvalue weighted by molar-refractivity contribution is -0.120. The Balaban J connectivity index is 2.65. The molecule has 0 radical (unpaired) electrons. The van der Waals surface area contributed by atoms with Crippen LogP contribution in [0, 0.1) is 0 Å². The second-order valence-corrected chi connectivity index (χ2v) is 5.76. The number of amides is 1. The van der Waals surface area contributed by atoms with Gasteiger partial charge in [-0.05, 0) is 44.0 Å². The first kappa shape index (κ1) is 15.1. The number of nitrogens with one attached hydrogen (secondary N) is 1. The van der Waals surface area contributed by atoms with Gasteiger partial charge in [-0.15, -0.1) is 0 Å². The molecule has 4 nitrogen and oxygen atoms in total. The highest BCUT2D eigenvalue weighted by molar-refractivity contribution is 9.11. The van der Waals surface area contributed by atoms with E-state index < -0.39 is 0 Å². The van der Waals surface area contributed by atoms with E-state index in [0.29, 0.717) is 18.8 Å². The largest absolute Gasteiger partial charge is 0.370 e. The van der Waals surface area contributed by atoms with Crippen LogP contribution in [0.4, 0.5) is 5.69 Å². The van der Waals surface area contributed by atoms with Crippen molar-refractivity contribution in [3.8, 4) is 0 Å². The van der Waals surface area contributed by atoms with Gasteiger partial charge in [0.1, 0.15) is 6.61 Å². The number of benzene rings is 1. The van der Waals surface area contributed by atoms with E-state index in [1.54, 1.807) is 0 Å². The van der Waals surface area contributed by atoms with Gasteiger partial charge >= 0.3 is 0 Å². The van der Waals surface area contributed by atoms with Crippen LogP contribution in [0.5, 0.6) is 0 Å². The summed E-state index contributed by atoms with van der Waals surface area (Å²) in [5, 5.41) is 2.75. The molecule has 0 saturated carbocycles. The number of anilines is 1. The molecule has 0 aromatic heterocycles. The first-order chi connectivity index (χ1) is 8.04. The molecule has 17 heavy (non-hydrogen) atoms. The van der Waals surface area contributed by atoms with Crippen LogP contribution in [0.1, 0.15) is 0 Å². The van der Waals surface area contributed by atoms with Gasteiger partial charge in [0, 0.05) is 20.0 Å². The van der Waals surface area contributed by atoms with Crippen molar-refractivity contribution in [1.29, 1.82) is 0 Å². The van der Waals surface area contributed by atoms with E-state index in [9.17, 15) is 4.79 Å². The Morgan fingerprint density at radius 2 is 1.88 bits per heavy atom. The standard InChI is InChI=1S/C10H11Br3N2O2/c11-6-3-7(12)10(8(13)4-6)15-9(16)5-17-2-1-14/h3-4H,1-2,5,14H2,(H,15,16). The summed E-state index contributed by atoms with van der Waals surface area (Å²) in [7, 11) is 0. The number of hydrogen-bond acceptors (Lipinski definition) is 3. The number of ether oxygens (including phenoxy) is 1. The van der Waals surface area contributed by atoms with Crippen molar-refractivity contribution < 1.29 is 9.53 Å². The van der Waals surface area contributed by atoms with Crippen molar-refractivity contribution in [3.05, 3.63) is 25.6 Å². The van der Waals surface area contributed by atoms with Crippen LogP contribution < -0.4 is 11.1 Å². The average molecular weight is 431 g/mol. The first-order valence-corrected chi connectivity index (χ1v) is 7.14. The van der Waals surface area contributed by atoms with Crippen molar-refractivity contribution in [2.24, 2.45) is 5.73 Å². The summed E-state index contributed by atoms with van der Waals surface area (Å²) in [4.78, 5) is 11.5. The van der Waals surface area contributed by atoms with E-state index in [1.807, 2.05) is 12.1 Å². The predicted octanol–water partition coefficient (Wildman–Crippen LogP) is 2.89. The highest BCUT2D eigenvalue weighted by Gasteiger charge is 2.10. The minimum Gasteiger partial charge on any atom is -0.370 e. The summed E-state index contributed by atoms with van der Waals surface area (Å²) in [6.45, 7) is 0.765. The summed E-state index contributed by atoms with van der Waals surface area (Å²) in [5.41, 5.74) is 5.93. The molecule has 0 fully saturated rings. The zero-order valence-electron chi connectivity index (χ0n) is 8.80. The topological polar surface area (TPSA) is 64.3 Å². The van der Waals surface area contributed by atoms with Crippen molar-refractivity contribution in [2.45, 2.75) is 0 Å². The van der Waals surface area contributed by atoms with E-state index in [2.05, 4.69) is 53.1 Å². The molecular weight excluding hydrogens is 420 g/mol. The zero-order chi connectivity index (χ0) is 12.8. The third kappa shape index (κ3) is 5.05. The van der Waals surface area contributed by atoms with Crippen molar-refractivity contribution in [2.75, 3.05) is 25.1 Å². The van der Waals surface area contributed by atoms with E-state index in [0.717, 1.165) is 13.4 Å². The maximum Gasteiger partial charge on any atom is 0.250 e. The molecule has 0 bridgehead atoms. The van der Waals surface area contributed by atoms with Gasteiger partial charge in [-0.2, -0.15) is 0 Å². The summed E-state index contributed by atoms with van der Waals surface area (Å²) in [6, 6.07) is 3.70. The van der Waals surface area contributed by atoms with Gasteiger partial charge in [-0.3, -0.25) is 4.79 Å². The Morgan fingerprint density at radius 3 is 2.41 bits per heavy atom. The smallest absolute Gasteiger partial charge is 0.250 e. The van der Waals surface area contributed by atoms with E-state index in [-0.39, 0.29) is 12.5 Å². The highest BCUT2D eigenvalue weighted by Crippen LogP contribution is 2.34. The maximum absolute atomic E-state index is 11.5. The van der Waals surface area contributed by atoms with E-state index in [4.69, 9.17) is 10.5 Å². The van der Waals surface area contributed by atoms with Gasteiger partial charge in [0.25, 0.3) is 0 Å². The molecule has 0 spiro atoms. The van der Waals surface area contributed by atoms with Gasteiger partial charge in [0.05, 0.1) is 12.3 Å². The quantitative estimate of drug-likeness (QED) is 0.706. The lowest BCUT2D eigenvalue weighted by atomic mass is 10.3. The fourth-order valence-electron chi connectivity index (χ4n) is 1.09. The van der Waals surface area contributed by atoms with Crippen molar-refractivity contribution in [1.82, 2.24) is 0 Å². The van der Waals surface area contributed by atoms with Gasteiger partial charge in [-0.1, -0.05) is 15.9 Å². The third-order valence-corrected chi connectivity index (χ3v) is 3.48. The molecule has 94 valence electrons. The van der Waals surface area contributed by atoms with E-state index in [1.165, 1.54) is 0 Å². The summed E-state index contributed by atoms with van der Waals surface area (Å²) >= 11 is 10.1. The molecule has 1 rings (SSSR count). The van der Waals surface area contributed by atoms with Crippen LogP contribution >= 0.6 is 47.8 Å². The number of rotatable bonds is 5. The van der Waals surface area contributed by atoms with Gasteiger partial charge < -0.3 is 15.8 Å². The molecule has 1 aromatic rings. The Bertz CT molecular complexity index is 390. The minimum atomic E-state index is -0.220. The Kier molecular flexibility index (Phi) is 6.65. The van der Waals surface area contributed by atoms with E-state index >= 15 is 0 Å². The Labute approximate surface area is 125 Å². The minimum absolute atomic E-state index is 0.00779. The summed E-state index contributed by atoms with van der Waals surface area (Å²) in [5.74, 6) is -0.220. The van der Waals surface area contributed by atoms with Crippen molar-refractivity contribution >= 4 is 59.4 Å². The van der Waals surface area contributed by atoms with Crippen LogP contribution in [0.3, 0.4) is 0 Å². The maximum atomic E-state index is 11.5. The molecule has 3 N–H and O–H groups in total. The van der Waals surface area contributed by atoms with Gasteiger partial charge in [0.2, 0.25) is 5.91 Å². The Hall–Kier alpha value is 0.0500. The molecule has 0 saturated heterocycles. The van der Waals surface area contributed by atoms with Crippen LogP contribution in [-0.2, 0) is 9.53 Å².